The lowest BCUT2D eigenvalue weighted by molar-refractivity contribution is -0.127. The quantitative estimate of drug-likeness (QED) is 0.862. The highest BCUT2D eigenvalue weighted by molar-refractivity contribution is 5.79. The molecule has 1 aliphatic carbocycles. The molecule has 1 aliphatic heterocycles. The molecule has 0 unspecified atom stereocenters. The van der Waals surface area contributed by atoms with Gasteiger partial charge < -0.3 is 10.6 Å². The number of rotatable bonds is 5. The van der Waals surface area contributed by atoms with Gasteiger partial charge in [-0.3, -0.25) is 4.79 Å². The minimum Gasteiger partial charge on any atom is -0.343 e. The molecule has 132 valence electrons. The Morgan fingerprint density at radius 3 is 2.33 bits per heavy atom. The van der Waals surface area contributed by atoms with E-state index >= 15 is 0 Å². The summed E-state index contributed by atoms with van der Waals surface area (Å²) in [5.74, 6) is -0.425. The molecule has 1 saturated carbocycles. The van der Waals surface area contributed by atoms with Gasteiger partial charge in [0.1, 0.15) is 11.9 Å². The van der Waals surface area contributed by atoms with E-state index in [9.17, 15) is 18.0 Å². The van der Waals surface area contributed by atoms with Crippen LogP contribution in [-0.4, -0.2) is 24.9 Å². The van der Waals surface area contributed by atoms with Crippen LogP contribution in [0, 0.1) is 17.7 Å². The normalized spacial score (nSPS) is 26.0. The van der Waals surface area contributed by atoms with Crippen molar-refractivity contribution in [1.29, 1.82) is 0 Å². The Labute approximate surface area is 140 Å². The molecule has 0 aromatic heterocycles. The summed E-state index contributed by atoms with van der Waals surface area (Å²) in [5, 5.41) is 5.85. The number of hydrogen-bond acceptors (Lipinski definition) is 2. The molecule has 24 heavy (non-hydrogen) atoms. The summed E-state index contributed by atoms with van der Waals surface area (Å²) in [6.45, 7) is 0.534. The molecule has 1 aromatic rings. The van der Waals surface area contributed by atoms with Crippen molar-refractivity contribution in [3.05, 3.63) is 35.6 Å². The van der Waals surface area contributed by atoms with E-state index in [4.69, 9.17) is 0 Å². The van der Waals surface area contributed by atoms with Gasteiger partial charge in [0.15, 0.2) is 0 Å². The van der Waals surface area contributed by atoms with Crippen LogP contribution in [0.4, 0.5) is 13.2 Å². The maximum Gasteiger partial charge on any atom is 0.262 e. The summed E-state index contributed by atoms with van der Waals surface area (Å²) in [7, 11) is 0. The predicted octanol–water partition coefficient (Wildman–Crippen LogP) is 3.42. The van der Waals surface area contributed by atoms with E-state index in [0.29, 0.717) is 18.5 Å². The van der Waals surface area contributed by atoms with Crippen LogP contribution in [0.1, 0.15) is 43.7 Å². The minimum absolute atomic E-state index is 0.218. The van der Waals surface area contributed by atoms with Gasteiger partial charge >= 0.3 is 0 Å². The van der Waals surface area contributed by atoms with Crippen molar-refractivity contribution in [3.8, 4) is 0 Å². The number of piperidine rings is 1. The lowest BCUT2D eigenvalue weighted by Gasteiger charge is -2.39. The molecule has 2 aliphatic rings. The fourth-order valence-corrected chi connectivity index (χ4v) is 3.58. The summed E-state index contributed by atoms with van der Waals surface area (Å²) in [4.78, 5) is 12.4. The number of carbonyl (C=O) groups excluding carboxylic acids is 1. The first-order chi connectivity index (χ1) is 11.5. The third-order valence-corrected chi connectivity index (χ3v) is 5.32. The Kier molecular flexibility index (Phi) is 5.43. The van der Waals surface area contributed by atoms with Crippen molar-refractivity contribution in [1.82, 2.24) is 10.6 Å². The largest absolute Gasteiger partial charge is 0.343 e. The van der Waals surface area contributed by atoms with Gasteiger partial charge in [0.05, 0.1) is 5.92 Å². The lowest BCUT2D eigenvalue weighted by atomic mass is 9.76. The Morgan fingerprint density at radius 2 is 1.83 bits per heavy atom. The molecule has 1 aromatic carbocycles. The first-order valence-electron chi connectivity index (χ1n) is 8.62. The number of nitrogens with one attached hydrogen (secondary N) is 2. The van der Waals surface area contributed by atoms with Crippen LogP contribution in [-0.2, 0) is 4.79 Å². The second-order valence-electron chi connectivity index (χ2n) is 6.85. The highest BCUT2D eigenvalue weighted by Gasteiger charge is 2.34. The summed E-state index contributed by atoms with van der Waals surface area (Å²) in [6, 6.07) is 3.90. The number of halogens is 3. The Balaban J connectivity index is 1.56. The number of carbonyl (C=O) groups is 1. The van der Waals surface area contributed by atoms with Gasteiger partial charge in [-0.25, -0.2) is 13.2 Å². The Morgan fingerprint density at radius 1 is 1.12 bits per heavy atom. The second kappa shape index (κ2) is 7.55. The Bertz CT molecular complexity index is 552. The van der Waals surface area contributed by atoms with Crippen LogP contribution in [0.2, 0.25) is 0 Å². The number of hydrogen-bond donors (Lipinski definition) is 2. The first kappa shape index (κ1) is 17.3. The average Bonchev–Trinajstić information content (AvgIpc) is 2.52. The summed E-state index contributed by atoms with van der Waals surface area (Å²) < 4.78 is 39.6. The van der Waals surface area contributed by atoms with Crippen LogP contribution < -0.4 is 10.6 Å². The van der Waals surface area contributed by atoms with Crippen LogP contribution in [0.5, 0.6) is 0 Å². The molecule has 3 rings (SSSR count). The van der Waals surface area contributed by atoms with Gasteiger partial charge in [0, 0.05) is 12.6 Å². The van der Waals surface area contributed by atoms with Crippen molar-refractivity contribution in [2.24, 2.45) is 11.8 Å². The fraction of sp³-hybridized carbons (Fsp3) is 0.611. The summed E-state index contributed by atoms with van der Waals surface area (Å²) in [5.41, 5.74) is 0.218. The molecule has 2 fully saturated rings. The van der Waals surface area contributed by atoms with Gasteiger partial charge in [-0.1, -0.05) is 18.6 Å². The lowest BCUT2D eigenvalue weighted by Crippen LogP contribution is -2.50. The molecule has 6 heteroatoms. The molecule has 1 amide bonds. The zero-order chi connectivity index (χ0) is 17.1. The van der Waals surface area contributed by atoms with Gasteiger partial charge in [0.25, 0.3) is 6.43 Å². The molecule has 0 bridgehead atoms. The highest BCUT2D eigenvalue weighted by Crippen LogP contribution is 2.34. The molecule has 1 heterocycles. The molecular weight excluding hydrogens is 317 g/mol. The van der Waals surface area contributed by atoms with Crippen LogP contribution in [0.25, 0.3) is 0 Å². The monoisotopic (exact) mass is 340 g/mol. The molecule has 0 radical (unpaired) electrons. The highest BCUT2D eigenvalue weighted by atomic mass is 19.3. The van der Waals surface area contributed by atoms with E-state index in [1.807, 2.05) is 0 Å². The van der Waals surface area contributed by atoms with E-state index in [1.165, 1.54) is 31.4 Å². The van der Waals surface area contributed by atoms with Crippen molar-refractivity contribution < 1.29 is 18.0 Å². The van der Waals surface area contributed by atoms with Crippen LogP contribution in [0.15, 0.2) is 24.3 Å². The molecule has 1 saturated heterocycles. The number of amides is 1. The smallest absolute Gasteiger partial charge is 0.262 e. The third-order valence-electron chi connectivity index (χ3n) is 5.32. The molecule has 3 nitrogen and oxygen atoms in total. The fourth-order valence-electron chi connectivity index (χ4n) is 3.58. The zero-order valence-corrected chi connectivity index (χ0v) is 13.5. The van der Waals surface area contributed by atoms with E-state index in [2.05, 4.69) is 10.6 Å². The Hall–Kier alpha value is -1.56. The van der Waals surface area contributed by atoms with Crippen molar-refractivity contribution in [3.63, 3.8) is 0 Å². The summed E-state index contributed by atoms with van der Waals surface area (Å²) >= 11 is 0. The van der Waals surface area contributed by atoms with Gasteiger partial charge in [-0.05, 0) is 49.3 Å². The number of benzene rings is 1. The van der Waals surface area contributed by atoms with Crippen LogP contribution >= 0.6 is 0 Å². The maximum atomic E-state index is 13.3. The van der Waals surface area contributed by atoms with E-state index in [0.717, 1.165) is 25.0 Å². The topological polar surface area (TPSA) is 41.1 Å². The van der Waals surface area contributed by atoms with Crippen LogP contribution in [0.3, 0.4) is 0 Å². The molecule has 2 N–H and O–H groups in total. The van der Waals surface area contributed by atoms with E-state index in [1.54, 1.807) is 0 Å². The van der Waals surface area contributed by atoms with Crippen molar-refractivity contribution in [2.45, 2.75) is 50.6 Å². The van der Waals surface area contributed by atoms with E-state index < -0.39 is 18.3 Å². The number of alkyl halides is 2. The molecular formula is C18H23F3N2O. The molecule has 0 spiro atoms. The first-order valence-corrected chi connectivity index (χ1v) is 8.62. The summed E-state index contributed by atoms with van der Waals surface area (Å²) in [6.07, 6.45) is 2.66. The molecule has 3 atom stereocenters. The van der Waals surface area contributed by atoms with E-state index in [-0.39, 0.29) is 17.4 Å². The average molecular weight is 340 g/mol. The maximum absolute atomic E-state index is 13.3. The van der Waals surface area contributed by atoms with Gasteiger partial charge in [-0.2, -0.15) is 0 Å². The standard InChI is InChI=1S/C18H23F3N2O/c19-14-7-4-12(5-8-14)16(17(20)21)23-18(24)13-6-9-15(22-10-13)11-2-1-3-11/h4-5,7-8,11,13,15-17,22H,1-3,6,9-10H2,(H,23,24)/t13-,15+,16+/m1/s1. The van der Waals surface area contributed by atoms with Crippen molar-refractivity contribution in [2.75, 3.05) is 6.54 Å². The predicted molar refractivity (Wildman–Crippen MR) is 85.1 cm³/mol. The zero-order valence-electron chi connectivity index (χ0n) is 13.5. The van der Waals surface area contributed by atoms with Gasteiger partial charge in [0.2, 0.25) is 5.91 Å². The van der Waals surface area contributed by atoms with Crippen molar-refractivity contribution >= 4 is 5.91 Å². The minimum atomic E-state index is -2.74. The SMILES string of the molecule is O=C(N[C@@H](c1ccc(F)cc1)C(F)F)[C@@H]1CC[C@@H](C2CCC2)NC1. The second-order valence-corrected chi connectivity index (χ2v) is 6.85. The third kappa shape index (κ3) is 3.91. The van der Waals surface area contributed by atoms with Gasteiger partial charge in [-0.15, -0.1) is 0 Å².